The van der Waals surface area contributed by atoms with E-state index in [1.165, 1.54) is 0 Å². The first-order valence-corrected chi connectivity index (χ1v) is 10.9. The Labute approximate surface area is 192 Å². The third-order valence-corrected chi connectivity index (χ3v) is 4.82. The summed E-state index contributed by atoms with van der Waals surface area (Å²) in [6.45, 7) is 13.5. The van der Waals surface area contributed by atoms with Crippen LogP contribution in [-0.2, 0) is 4.79 Å². The minimum absolute atomic E-state index is 0.0476. The van der Waals surface area contributed by atoms with Gasteiger partial charge in [-0.2, -0.15) is 0 Å². The van der Waals surface area contributed by atoms with E-state index >= 15 is 0 Å². The molecule has 1 fully saturated rings. The molecule has 1 aromatic carbocycles. The number of allylic oxidation sites excluding steroid dienone is 4. The molecule has 1 aliphatic rings. The molecular weight excluding hydrogens is 398 g/mol. The van der Waals surface area contributed by atoms with E-state index < -0.39 is 0 Å². The zero-order valence-corrected chi connectivity index (χ0v) is 19.9. The summed E-state index contributed by atoms with van der Waals surface area (Å²) in [7, 11) is 4.03. The summed E-state index contributed by atoms with van der Waals surface area (Å²) in [5.41, 5.74) is 10.2. The molecule has 1 aromatic heterocycles. The summed E-state index contributed by atoms with van der Waals surface area (Å²) in [5.74, 6) is 0.752. The first kappa shape index (κ1) is 26.4. The maximum atomic E-state index is 12.1. The molecule has 0 bridgehead atoms. The van der Waals surface area contributed by atoms with Gasteiger partial charge in [0, 0.05) is 55.1 Å². The van der Waals surface area contributed by atoms with Crippen LogP contribution in [0.15, 0.2) is 54.9 Å². The molecule has 0 unspecified atom stereocenters. The number of carbonyl (C=O) groups is 1. The van der Waals surface area contributed by atoms with Gasteiger partial charge in [0.2, 0.25) is 5.91 Å². The lowest BCUT2D eigenvalue weighted by Crippen LogP contribution is -2.14. The third-order valence-electron chi connectivity index (χ3n) is 4.82. The number of likely N-dealkylation sites (N-methyl/N-ethyl adjacent to an activating group) is 1. The maximum Gasteiger partial charge on any atom is 0.228 e. The summed E-state index contributed by atoms with van der Waals surface area (Å²) in [5, 5.41) is 11.2. The Morgan fingerprint density at radius 2 is 1.97 bits per heavy atom. The Bertz CT molecular complexity index is 1010. The predicted molar refractivity (Wildman–Crippen MR) is 136 cm³/mol. The van der Waals surface area contributed by atoms with E-state index in [0.29, 0.717) is 11.5 Å². The number of nitrogens with two attached hydrogens (primary N) is 1. The lowest BCUT2D eigenvalue weighted by atomic mass is 9.96. The number of anilines is 2. The maximum absolute atomic E-state index is 12.1. The Balaban J connectivity index is 0.00000121. The number of nitriles is 1. The summed E-state index contributed by atoms with van der Waals surface area (Å²) >= 11 is 0. The van der Waals surface area contributed by atoms with Crippen molar-refractivity contribution in [3.8, 4) is 6.57 Å². The second-order valence-electron chi connectivity index (χ2n) is 7.33. The number of nitrogens with one attached hydrogen (secondary N) is 1. The number of nitrogen functional groups attached to an aromatic ring is 1. The van der Waals surface area contributed by atoms with Crippen LogP contribution in [0.4, 0.5) is 11.5 Å². The van der Waals surface area contributed by atoms with E-state index in [4.69, 9.17) is 11.0 Å². The highest BCUT2D eigenvalue weighted by Gasteiger charge is 2.29. The van der Waals surface area contributed by atoms with Crippen molar-refractivity contribution in [1.82, 2.24) is 9.88 Å². The first-order valence-electron chi connectivity index (χ1n) is 10.9. The minimum Gasteiger partial charge on any atom is -0.398 e. The number of pyridine rings is 1. The van der Waals surface area contributed by atoms with Gasteiger partial charge < -0.3 is 16.0 Å². The van der Waals surface area contributed by atoms with Crippen LogP contribution in [-0.4, -0.2) is 29.9 Å². The Kier molecular flexibility index (Phi) is 10.7. The molecular formula is C26H35N5O. The van der Waals surface area contributed by atoms with Crippen LogP contribution < -0.4 is 11.1 Å². The molecule has 0 radical (unpaired) electrons. The van der Waals surface area contributed by atoms with Crippen molar-refractivity contribution >= 4 is 33.8 Å². The van der Waals surface area contributed by atoms with Crippen molar-refractivity contribution in [2.45, 2.75) is 40.0 Å². The van der Waals surface area contributed by atoms with Crippen molar-refractivity contribution in [2.24, 2.45) is 5.92 Å². The van der Waals surface area contributed by atoms with E-state index in [2.05, 4.69) is 47.4 Å². The monoisotopic (exact) mass is 433 g/mol. The molecule has 0 saturated heterocycles. The van der Waals surface area contributed by atoms with Gasteiger partial charge in [0.1, 0.15) is 5.82 Å². The summed E-state index contributed by atoms with van der Waals surface area (Å²) < 4.78 is 0. The van der Waals surface area contributed by atoms with E-state index in [-0.39, 0.29) is 11.8 Å². The molecule has 1 saturated carbocycles. The minimum atomic E-state index is 0.0476. The zero-order chi connectivity index (χ0) is 24.3. The third kappa shape index (κ3) is 6.71. The fourth-order valence-electron chi connectivity index (χ4n) is 3.25. The van der Waals surface area contributed by atoms with Gasteiger partial charge >= 0.3 is 0 Å². The topological polar surface area (TPSA) is 95.0 Å². The van der Waals surface area contributed by atoms with Crippen molar-refractivity contribution in [1.29, 1.82) is 5.26 Å². The zero-order valence-electron chi connectivity index (χ0n) is 19.9. The van der Waals surface area contributed by atoms with E-state index in [0.717, 1.165) is 46.9 Å². The molecule has 6 heteroatoms. The number of carbonyl (C=O) groups excluding carboxylic acids is 1. The number of fused-ring (bicyclic) bond motifs is 1. The van der Waals surface area contributed by atoms with Crippen molar-refractivity contribution < 1.29 is 4.79 Å². The SMILES string of the molecule is C#N.C=C/C=C(\C(=C/CC)c1cc(N)c2cnc(NC(=O)C3CC3)cc2c1)N(C)C.CC. The lowest BCUT2D eigenvalue weighted by molar-refractivity contribution is -0.117. The second kappa shape index (κ2) is 13.0. The highest BCUT2D eigenvalue weighted by atomic mass is 16.2. The molecule has 0 atom stereocenters. The number of benzene rings is 1. The van der Waals surface area contributed by atoms with Gasteiger partial charge in [-0.15, -0.1) is 0 Å². The smallest absolute Gasteiger partial charge is 0.228 e. The highest BCUT2D eigenvalue weighted by molar-refractivity contribution is 6.00. The lowest BCUT2D eigenvalue weighted by Gasteiger charge is -2.21. The van der Waals surface area contributed by atoms with Gasteiger partial charge in [0.25, 0.3) is 0 Å². The predicted octanol–water partition coefficient (Wildman–Crippen LogP) is 5.76. The standard InChI is InChI=1S/C23H28N4O.C2H6.CHN/c1-5-7-18(21(8-6-2)27(3)4)16-11-17-13-22(26-23(28)15-9-10-15)25-14-19(17)20(24)12-16;2*1-2/h6-8,11-15H,2,5,9-10,24H2,1,3-4H3,(H,25,26,28);1-2H3;1H/b18-7-,21-8+;;. The summed E-state index contributed by atoms with van der Waals surface area (Å²) in [6.07, 6.45) is 10.5. The Morgan fingerprint density at radius 1 is 1.31 bits per heavy atom. The summed E-state index contributed by atoms with van der Waals surface area (Å²) in [6, 6.07) is 5.97. The van der Waals surface area contributed by atoms with E-state index in [9.17, 15) is 4.79 Å². The number of amides is 1. The molecule has 32 heavy (non-hydrogen) atoms. The van der Waals surface area contributed by atoms with E-state index in [1.807, 2.05) is 46.2 Å². The molecule has 3 rings (SSSR count). The molecule has 0 spiro atoms. The van der Waals surface area contributed by atoms with Crippen LogP contribution in [0, 0.1) is 17.8 Å². The van der Waals surface area contributed by atoms with Crippen molar-refractivity contribution in [2.75, 3.05) is 25.1 Å². The normalized spacial score (nSPS) is 13.2. The van der Waals surface area contributed by atoms with Crippen LogP contribution >= 0.6 is 0 Å². The summed E-state index contributed by atoms with van der Waals surface area (Å²) in [4.78, 5) is 18.5. The number of aromatic nitrogens is 1. The molecule has 2 aromatic rings. The van der Waals surface area contributed by atoms with Crippen LogP contribution in [0.3, 0.4) is 0 Å². The average Bonchev–Trinajstić information content (AvgIpc) is 3.64. The quantitative estimate of drug-likeness (QED) is 0.428. The number of hydrogen-bond acceptors (Lipinski definition) is 5. The highest BCUT2D eigenvalue weighted by Crippen LogP contribution is 2.33. The van der Waals surface area contributed by atoms with Crippen LogP contribution in [0.1, 0.15) is 45.6 Å². The Morgan fingerprint density at radius 3 is 2.50 bits per heavy atom. The molecule has 1 amide bonds. The van der Waals surface area contributed by atoms with Gasteiger partial charge in [-0.3, -0.25) is 4.79 Å². The van der Waals surface area contributed by atoms with Crippen LogP contribution in [0.5, 0.6) is 0 Å². The first-order chi connectivity index (χ1) is 15.4. The largest absolute Gasteiger partial charge is 0.398 e. The average molecular weight is 434 g/mol. The molecule has 170 valence electrons. The Hall–Kier alpha value is -3.59. The molecule has 1 heterocycles. The molecule has 0 aliphatic heterocycles. The van der Waals surface area contributed by atoms with Gasteiger partial charge in [-0.05, 0) is 54.5 Å². The van der Waals surface area contributed by atoms with Gasteiger partial charge in [0.05, 0.1) is 0 Å². The molecule has 3 N–H and O–H groups in total. The van der Waals surface area contributed by atoms with Crippen LogP contribution in [0.2, 0.25) is 0 Å². The van der Waals surface area contributed by atoms with Crippen molar-refractivity contribution in [3.63, 3.8) is 0 Å². The fourth-order valence-corrected chi connectivity index (χ4v) is 3.25. The van der Waals surface area contributed by atoms with Crippen molar-refractivity contribution in [3.05, 3.63) is 60.5 Å². The molecule has 1 aliphatic carbocycles. The number of rotatable bonds is 7. The number of hydrogen-bond donors (Lipinski definition) is 2. The number of nitrogens with zero attached hydrogens (tertiary/aromatic N) is 3. The second-order valence-corrected chi connectivity index (χ2v) is 7.33. The molecule has 6 nitrogen and oxygen atoms in total. The van der Waals surface area contributed by atoms with Gasteiger partial charge in [0.15, 0.2) is 0 Å². The van der Waals surface area contributed by atoms with Gasteiger partial charge in [-0.25, -0.2) is 10.2 Å². The van der Waals surface area contributed by atoms with Crippen LogP contribution in [0.25, 0.3) is 16.3 Å². The fraction of sp³-hybridized carbons (Fsp3) is 0.346. The van der Waals surface area contributed by atoms with E-state index in [1.54, 1.807) is 12.3 Å². The van der Waals surface area contributed by atoms with Gasteiger partial charge in [-0.1, -0.05) is 39.5 Å².